The first-order valence-electron chi connectivity index (χ1n) is 9.45. The summed E-state index contributed by atoms with van der Waals surface area (Å²) >= 11 is 1.51. The Kier molecular flexibility index (Phi) is 5.82. The van der Waals surface area contributed by atoms with Gasteiger partial charge in [0.2, 0.25) is 0 Å². The highest BCUT2D eigenvalue weighted by Crippen LogP contribution is 2.45. The Morgan fingerprint density at radius 2 is 1.31 bits per heavy atom. The van der Waals surface area contributed by atoms with Crippen molar-refractivity contribution in [2.75, 3.05) is 6.61 Å². The Morgan fingerprint density at radius 1 is 0.793 bits per heavy atom. The van der Waals surface area contributed by atoms with E-state index in [1.807, 2.05) is 97.9 Å². The fraction of sp³-hybridized carbons (Fsp3) is 0.0800. The van der Waals surface area contributed by atoms with Gasteiger partial charge >= 0.3 is 5.97 Å². The van der Waals surface area contributed by atoms with Gasteiger partial charge in [0.1, 0.15) is 11.3 Å². The van der Waals surface area contributed by atoms with Crippen molar-refractivity contribution in [1.29, 1.82) is 0 Å². The van der Waals surface area contributed by atoms with Gasteiger partial charge in [-0.1, -0.05) is 90.6 Å². The van der Waals surface area contributed by atoms with Gasteiger partial charge in [0.25, 0.3) is 0 Å². The van der Waals surface area contributed by atoms with E-state index in [2.05, 4.69) is 0 Å². The third kappa shape index (κ3) is 4.13. The van der Waals surface area contributed by atoms with Crippen molar-refractivity contribution in [3.8, 4) is 22.6 Å². The second-order valence-corrected chi connectivity index (χ2v) is 7.42. The number of carbonyl (C=O) groups is 1. The standard InChI is InChI=1S/C25H20O3S/c1-2-27-25(26)21-22(18-12-6-3-7-13-18)28-23(19-14-8-4-9-15-19)24(21)29-20-16-10-5-11-17-20/h3-17H,2H2,1H3. The molecule has 0 bridgehead atoms. The number of ether oxygens (including phenoxy) is 1. The molecule has 0 N–H and O–H groups in total. The monoisotopic (exact) mass is 400 g/mol. The molecule has 0 spiro atoms. The normalized spacial score (nSPS) is 10.7. The Balaban J connectivity index is 1.96. The van der Waals surface area contributed by atoms with Crippen molar-refractivity contribution in [3.05, 3.63) is 96.6 Å². The molecule has 144 valence electrons. The molecule has 4 rings (SSSR count). The van der Waals surface area contributed by atoms with Crippen LogP contribution >= 0.6 is 11.8 Å². The quantitative estimate of drug-likeness (QED) is 0.329. The predicted octanol–water partition coefficient (Wildman–Crippen LogP) is 6.94. The summed E-state index contributed by atoms with van der Waals surface area (Å²) < 4.78 is 11.7. The minimum Gasteiger partial charge on any atom is -0.462 e. The molecule has 1 aromatic heterocycles. The second-order valence-electron chi connectivity index (χ2n) is 6.33. The molecular formula is C25H20O3S. The smallest absolute Gasteiger partial charge is 0.343 e. The van der Waals surface area contributed by atoms with Gasteiger partial charge in [-0.15, -0.1) is 0 Å². The van der Waals surface area contributed by atoms with Crippen LogP contribution in [-0.2, 0) is 4.74 Å². The molecule has 0 aliphatic heterocycles. The van der Waals surface area contributed by atoms with Gasteiger partial charge < -0.3 is 9.15 Å². The van der Waals surface area contributed by atoms with Crippen molar-refractivity contribution in [1.82, 2.24) is 0 Å². The minimum absolute atomic E-state index is 0.300. The number of rotatable bonds is 6. The second kappa shape index (κ2) is 8.84. The fourth-order valence-electron chi connectivity index (χ4n) is 3.08. The van der Waals surface area contributed by atoms with Gasteiger partial charge in [0.15, 0.2) is 5.76 Å². The molecule has 0 fully saturated rings. The molecule has 0 amide bonds. The highest BCUT2D eigenvalue weighted by atomic mass is 32.2. The molecule has 4 heteroatoms. The summed E-state index contributed by atoms with van der Waals surface area (Å²) in [6.45, 7) is 2.11. The maximum atomic E-state index is 13.0. The maximum absolute atomic E-state index is 13.0. The minimum atomic E-state index is -0.379. The molecule has 4 aromatic rings. The largest absolute Gasteiger partial charge is 0.462 e. The van der Waals surface area contributed by atoms with Crippen LogP contribution in [0.5, 0.6) is 0 Å². The Hall–Kier alpha value is -3.24. The van der Waals surface area contributed by atoms with Crippen LogP contribution < -0.4 is 0 Å². The summed E-state index contributed by atoms with van der Waals surface area (Å²) in [7, 11) is 0. The summed E-state index contributed by atoms with van der Waals surface area (Å²) in [5, 5.41) is 0. The summed E-state index contributed by atoms with van der Waals surface area (Å²) in [6.07, 6.45) is 0. The average molecular weight is 400 g/mol. The highest BCUT2D eigenvalue weighted by molar-refractivity contribution is 7.99. The zero-order valence-corrected chi connectivity index (χ0v) is 16.8. The van der Waals surface area contributed by atoms with Gasteiger partial charge in [-0.25, -0.2) is 4.79 Å². The van der Waals surface area contributed by atoms with Gasteiger partial charge in [-0.05, 0) is 19.1 Å². The lowest BCUT2D eigenvalue weighted by Gasteiger charge is -2.07. The van der Waals surface area contributed by atoms with Crippen LogP contribution in [-0.4, -0.2) is 12.6 Å². The van der Waals surface area contributed by atoms with Crippen molar-refractivity contribution < 1.29 is 13.9 Å². The van der Waals surface area contributed by atoms with E-state index in [1.54, 1.807) is 0 Å². The number of hydrogen-bond acceptors (Lipinski definition) is 4. The Labute approximate surface area is 174 Å². The molecule has 3 aromatic carbocycles. The van der Waals surface area contributed by atoms with Crippen LogP contribution in [0.2, 0.25) is 0 Å². The topological polar surface area (TPSA) is 39.4 Å². The van der Waals surface area contributed by atoms with Gasteiger partial charge in [-0.3, -0.25) is 0 Å². The predicted molar refractivity (Wildman–Crippen MR) is 116 cm³/mol. The number of hydrogen-bond donors (Lipinski definition) is 0. The van der Waals surface area contributed by atoms with Gasteiger partial charge in [0.05, 0.1) is 11.5 Å². The molecule has 0 saturated heterocycles. The summed E-state index contributed by atoms with van der Waals surface area (Å²) in [6, 6.07) is 29.5. The molecule has 0 atom stereocenters. The molecule has 0 saturated carbocycles. The highest BCUT2D eigenvalue weighted by Gasteiger charge is 2.29. The number of furan rings is 1. The number of benzene rings is 3. The van der Waals surface area contributed by atoms with Crippen LogP contribution in [0.3, 0.4) is 0 Å². The SMILES string of the molecule is CCOC(=O)c1c(-c2ccccc2)oc(-c2ccccc2)c1Sc1ccccc1. The Morgan fingerprint density at radius 3 is 1.86 bits per heavy atom. The molecule has 0 unspecified atom stereocenters. The van der Waals surface area contributed by atoms with Crippen LogP contribution in [0.1, 0.15) is 17.3 Å². The molecule has 0 aliphatic carbocycles. The van der Waals surface area contributed by atoms with E-state index >= 15 is 0 Å². The van der Waals surface area contributed by atoms with E-state index in [0.29, 0.717) is 23.7 Å². The van der Waals surface area contributed by atoms with Crippen LogP contribution in [0.15, 0.2) is 105 Å². The lowest BCUT2D eigenvalue weighted by Crippen LogP contribution is -2.06. The fourth-order valence-corrected chi connectivity index (χ4v) is 4.14. The first kappa shape index (κ1) is 19.1. The van der Waals surface area contributed by atoms with Gasteiger partial charge in [-0.2, -0.15) is 0 Å². The number of esters is 1. The lowest BCUT2D eigenvalue weighted by molar-refractivity contribution is 0.0523. The first-order chi connectivity index (χ1) is 14.3. The maximum Gasteiger partial charge on any atom is 0.343 e. The Bertz CT molecular complexity index is 1090. The van der Waals surface area contributed by atoms with Crippen molar-refractivity contribution in [2.45, 2.75) is 16.7 Å². The van der Waals surface area contributed by atoms with Crippen molar-refractivity contribution in [2.24, 2.45) is 0 Å². The molecule has 3 nitrogen and oxygen atoms in total. The molecule has 0 aliphatic rings. The number of carbonyl (C=O) groups excluding carboxylic acids is 1. The van der Waals surface area contributed by atoms with E-state index in [9.17, 15) is 4.79 Å². The first-order valence-corrected chi connectivity index (χ1v) is 10.3. The van der Waals surface area contributed by atoms with Crippen LogP contribution in [0.4, 0.5) is 0 Å². The van der Waals surface area contributed by atoms with Crippen molar-refractivity contribution in [3.63, 3.8) is 0 Å². The van der Waals surface area contributed by atoms with Crippen LogP contribution in [0, 0.1) is 0 Å². The van der Waals surface area contributed by atoms with E-state index in [-0.39, 0.29) is 5.97 Å². The molecule has 29 heavy (non-hydrogen) atoms. The zero-order chi connectivity index (χ0) is 20.1. The third-order valence-corrected chi connectivity index (χ3v) is 5.48. The lowest BCUT2D eigenvalue weighted by atomic mass is 10.1. The zero-order valence-electron chi connectivity index (χ0n) is 16.0. The van der Waals surface area contributed by atoms with E-state index < -0.39 is 0 Å². The summed E-state index contributed by atoms with van der Waals surface area (Å²) in [5.41, 5.74) is 2.22. The van der Waals surface area contributed by atoms with E-state index in [0.717, 1.165) is 20.9 Å². The van der Waals surface area contributed by atoms with Crippen molar-refractivity contribution >= 4 is 17.7 Å². The van der Waals surface area contributed by atoms with E-state index in [1.165, 1.54) is 11.8 Å². The summed E-state index contributed by atoms with van der Waals surface area (Å²) in [4.78, 5) is 14.8. The van der Waals surface area contributed by atoms with Crippen LogP contribution in [0.25, 0.3) is 22.6 Å². The van der Waals surface area contributed by atoms with Gasteiger partial charge in [0, 0.05) is 16.0 Å². The molecule has 1 heterocycles. The molecular weight excluding hydrogens is 380 g/mol. The summed E-state index contributed by atoms with van der Waals surface area (Å²) in [5.74, 6) is 0.818. The third-order valence-electron chi connectivity index (χ3n) is 4.38. The van der Waals surface area contributed by atoms with E-state index in [4.69, 9.17) is 9.15 Å². The molecule has 0 radical (unpaired) electrons. The average Bonchev–Trinajstić information content (AvgIpc) is 3.15.